The van der Waals surface area contributed by atoms with Gasteiger partial charge in [-0.25, -0.2) is 0 Å². The van der Waals surface area contributed by atoms with Crippen LogP contribution in [0.4, 0.5) is 0 Å². The number of nitrogens with zero attached hydrogens (tertiary/aromatic N) is 1. The Labute approximate surface area is 85.8 Å². The second-order valence-corrected chi connectivity index (χ2v) is 4.04. The first-order chi connectivity index (χ1) is 6.63. The summed E-state index contributed by atoms with van der Waals surface area (Å²) in [5.74, 6) is 0. The van der Waals surface area contributed by atoms with Crippen molar-refractivity contribution < 1.29 is 14.6 Å². The molecular weight excluding hydrogens is 182 g/mol. The van der Waals surface area contributed by atoms with Gasteiger partial charge in [0, 0.05) is 26.7 Å². The van der Waals surface area contributed by atoms with Crippen molar-refractivity contribution in [1.82, 2.24) is 4.90 Å². The van der Waals surface area contributed by atoms with Crippen LogP contribution in [0.25, 0.3) is 0 Å². The first-order valence-corrected chi connectivity index (χ1v) is 5.18. The lowest BCUT2D eigenvalue weighted by Crippen LogP contribution is -2.29. The molecule has 1 heterocycles. The lowest BCUT2D eigenvalue weighted by molar-refractivity contribution is -0.0396. The van der Waals surface area contributed by atoms with Crippen LogP contribution in [0.5, 0.6) is 0 Å². The van der Waals surface area contributed by atoms with E-state index in [-0.39, 0.29) is 18.3 Å². The van der Waals surface area contributed by atoms with Gasteiger partial charge in [-0.15, -0.1) is 0 Å². The molecule has 4 heteroatoms. The van der Waals surface area contributed by atoms with Crippen LogP contribution < -0.4 is 0 Å². The second-order valence-electron chi connectivity index (χ2n) is 4.04. The van der Waals surface area contributed by atoms with Crippen molar-refractivity contribution in [3.8, 4) is 0 Å². The maximum absolute atomic E-state index is 9.70. The molecule has 0 aromatic heterocycles. The average Bonchev–Trinajstić information content (AvgIpc) is 2.43. The Hall–Kier alpha value is -0.160. The van der Waals surface area contributed by atoms with Gasteiger partial charge in [-0.3, -0.25) is 4.90 Å². The molecule has 1 aliphatic rings. The summed E-state index contributed by atoms with van der Waals surface area (Å²) in [7, 11) is 1.69. The summed E-state index contributed by atoms with van der Waals surface area (Å²) in [6, 6.07) is 0. The van der Waals surface area contributed by atoms with E-state index >= 15 is 0 Å². The molecule has 0 aliphatic carbocycles. The smallest absolute Gasteiger partial charge is 0.0976 e. The van der Waals surface area contributed by atoms with Crippen molar-refractivity contribution in [2.75, 3.05) is 33.4 Å². The van der Waals surface area contributed by atoms with Crippen LogP contribution in [-0.2, 0) is 9.47 Å². The monoisotopic (exact) mass is 203 g/mol. The molecule has 0 amide bonds. The first kappa shape index (κ1) is 11.9. The SMILES string of the molecule is COCCN1C[C@@H](O)[C@H](OC(C)C)C1. The molecule has 0 aromatic rings. The zero-order valence-corrected chi connectivity index (χ0v) is 9.27. The van der Waals surface area contributed by atoms with E-state index in [1.165, 1.54) is 0 Å². The molecule has 2 atom stereocenters. The predicted octanol–water partition coefficient (Wildman–Crippen LogP) is 0.103. The zero-order chi connectivity index (χ0) is 10.6. The summed E-state index contributed by atoms with van der Waals surface area (Å²) in [5.41, 5.74) is 0. The van der Waals surface area contributed by atoms with Gasteiger partial charge in [0.25, 0.3) is 0 Å². The Kier molecular flexibility index (Phi) is 4.81. The third-order valence-corrected chi connectivity index (χ3v) is 2.37. The highest BCUT2D eigenvalue weighted by Gasteiger charge is 2.32. The predicted molar refractivity (Wildman–Crippen MR) is 54.3 cm³/mol. The van der Waals surface area contributed by atoms with Crippen molar-refractivity contribution in [1.29, 1.82) is 0 Å². The summed E-state index contributed by atoms with van der Waals surface area (Å²) in [5, 5.41) is 9.70. The number of aliphatic hydroxyl groups excluding tert-OH is 1. The Morgan fingerprint density at radius 3 is 2.71 bits per heavy atom. The van der Waals surface area contributed by atoms with Crippen LogP contribution in [0.15, 0.2) is 0 Å². The van der Waals surface area contributed by atoms with E-state index in [0.717, 1.165) is 13.1 Å². The number of rotatable bonds is 5. The molecule has 84 valence electrons. The maximum atomic E-state index is 9.70. The molecule has 1 N–H and O–H groups in total. The number of likely N-dealkylation sites (tertiary alicyclic amines) is 1. The zero-order valence-electron chi connectivity index (χ0n) is 9.27. The largest absolute Gasteiger partial charge is 0.389 e. The van der Waals surface area contributed by atoms with Gasteiger partial charge in [-0.05, 0) is 13.8 Å². The van der Waals surface area contributed by atoms with Crippen LogP contribution in [-0.4, -0.2) is 61.7 Å². The van der Waals surface area contributed by atoms with Gasteiger partial charge < -0.3 is 14.6 Å². The second kappa shape index (κ2) is 5.66. The number of aliphatic hydroxyl groups is 1. The number of hydrogen-bond acceptors (Lipinski definition) is 4. The number of β-amino-alcohol motifs (C(OH)–C–C–N with tert-alkyl or cyclic N) is 1. The van der Waals surface area contributed by atoms with E-state index in [0.29, 0.717) is 13.2 Å². The normalized spacial score (nSPS) is 28.9. The number of ether oxygens (including phenoxy) is 2. The summed E-state index contributed by atoms with van der Waals surface area (Å²) < 4.78 is 10.6. The molecule has 1 saturated heterocycles. The van der Waals surface area contributed by atoms with E-state index < -0.39 is 0 Å². The molecule has 1 rings (SSSR count). The van der Waals surface area contributed by atoms with Gasteiger partial charge in [-0.1, -0.05) is 0 Å². The Morgan fingerprint density at radius 1 is 1.43 bits per heavy atom. The van der Waals surface area contributed by atoms with Crippen LogP contribution in [0.2, 0.25) is 0 Å². The van der Waals surface area contributed by atoms with Gasteiger partial charge in [0.15, 0.2) is 0 Å². The maximum Gasteiger partial charge on any atom is 0.0976 e. The number of methoxy groups -OCH3 is 1. The standard InChI is InChI=1S/C10H21NO3/c1-8(2)14-10-7-11(4-5-13-3)6-9(10)12/h8-10,12H,4-7H2,1-3H3/t9-,10-/m1/s1. The molecule has 0 aromatic carbocycles. The van der Waals surface area contributed by atoms with Gasteiger partial charge in [0.05, 0.1) is 24.9 Å². The van der Waals surface area contributed by atoms with Crippen LogP contribution in [0.3, 0.4) is 0 Å². The van der Waals surface area contributed by atoms with Crippen molar-refractivity contribution in [3.05, 3.63) is 0 Å². The highest BCUT2D eigenvalue weighted by molar-refractivity contribution is 4.84. The highest BCUT2D eigenvalue weighted by Crippen LogP contribution is 2.14. The molecular formula is C10H21NO3. The van der Waals surface area contributed by atoms with Crippen molar-refractivity contribution in [2.45, 2.75) is 32.2 Å². The van der Waals surface area contributed by atoms with Gasteiger partial charge in [0.2, 0.25) is 0 Å². The van der Waals surface area contributed by atoms with E-state index in [1.54, 1.807) is 7.11 Å². The lowest BCUT2D eigenvalue weighted by atomic mass is 10.2. The van der Waals surface area contributed by atoms with Crippen molar-refractivity contribution in [3.63, 3.8) is 0 Å². The van der Waals surface area contributed by atoms with Crippen LogP contribution in [0.1, 0.15) is 13.8 Å². The minimum Gasteiger partial charge on any atom is -0.389 e. The molecule has 1 fully saturated rings. The fourth-order valence-corrected chi connectivity index (χ4v) is 1.72. The Balaban J connectivity index is 2.28. The molecule has 1 aliphatic heterocycles. The quantitative estimate of drug-likeness (QED) is 0.688. The van der Waals surface area contributed by atoms with Crippen molar-refractivity contribution in [2.24, 2.45) is 0 Å². The molecule has 0 saturated carbocycles. The average molecular weight is 203 g/mol. The third kappa shape index (κ3) is 3.53. The highest BCUT2D eigenvalue weighted by atomic mass is 16.5. The molecule has 0 bridgehead atoms. The molecule has 4 nitrogen and oxygen atoms in total. The molecule has 0 spiro atoms. The first-order valence-electron chi connectivity index (χ1n) is 5.18. The fraction of sp³-hybridized carbons (Fsp3) is 1.00. The van der Waals surface area contributed by atoms with Gasteiger partial charge >= 0.3 is 0 Å². The topological polar surface area (TPSA) is 41.9 Å². The fourth-order valence-electron chi connectivity index (χ4n) is 1.72. The lowest BCUT2D eigenvalue weighted by Gasteiger charge is -2.18. The Bertz CT molecular complexity index is 163. The van der Waals surface area contributed by atoms with E-state index in [2.05, 4.69) is 4.90 Å². The van der Waals surface area contributed by atoms with Crippen molar-refractivity contribution >= 4 is 0 Å². The van der Waals surface area contributed by atoms with Gasteiger partial charge in [-0.2, -0.15) is 0 Å². The summed E-state index contributed by atoms with van der Waals surface area (Å²) in [6.45, 7) is 7.06. The summed E-state index contributed by atoms with van der Waals surface area (Å²) in [6.07, 6.45) is -0.210. The van der Waals surface area contributed by atoms with E-state index in [9.17, 15) is 5.11 Å². The van der Waals surface area contributed by atoms with Crippen LogP contribution >= 0.6 is 0 Å². The third-order valence-electron chi connectivity index (χ3n) is 2.37. The minimum atomic E-state index is -0.353. The minimum absolute atomic E-state index is 0.0353. The molecule has 14 heavy (non-hydrogen) atoms. The summed E-state index contributed by atoms with van der Waals surface area (Å²) in [4.78, 5) is 2.17. The summed E-state index contributed by atoms with van der Waals surface area (Å²) >= 11 is 0. The van der Waals surface area contributed by atoms with E-state index in [1.807, 2.05) is 13.8 Å². The number of hydrogen-bond donors (Lipinski definition) is 1. The van der Waals surface area contributed by atoms with Crippen LogP contribution in [0, 0.1) is 0 Å². The molecule has 0 unspecified atom stereocenters. The van der Waals surface area contributed by atoms with E-state index in [4.69, 9.17) is 9.47 Å². The Morgan fingerprint density at radius 2 is 2.14 bits per heavy atom. The van der Waals surface area contributed by atoms with Gasteiger partial charge in [0.1, 0.15) is 0 Å². The molecule has 0 radical (unpaired) electrons.